The van der Waals surface area contributed by atoms with Crippen molar-refractivity contribution >= 4 is 5.69 Å². The predicted molar refractivity (Wildman–Crippen MR) is 82.0 cm³/mol. The molecule has 0 bridgehead atoms. The van der Waals surface area contributed by atoms with Crippen molar-refractivity contribution in [2.75, 3.05) is 18.5 Å². The summed E-state index contributed by atoms with van der Waals surface area (Å²) in [6.07, 6.45) is 3.97. The molecular formula is C16H21N3O2. The van der Waals surface area contributed by atoms with Crippen LogP contribution in [0, 0.1) is 0 Å². The first kappa shape index (κ1) is 13.8. The lowest BCUT2D eigenvalue weighted by Gasteiger charge is -2.19. The topological polar surface area (TPSA) is 48.3 Å². The number of nitrogens with zero attached hydrogens (tertiary/aromatic N) is 2. The molecule has 1 N–H and O–H groups in total. The van der Waals surface area contributed by atoms with Crippen molar-refractivity contribution in [3.05, 3.63) is 36.2 Å². The lowest BCUT2D eigenvalue weighted by molar-refractivity contribution is 0.171. The van der Waals surface area contributed by atoms with Crippen LogP contribution in [0.1, 0.15) is 26.3 Å². The van der Waals surface area contributed by atoms with Gasteiger partial charge in [-0.1, -0.05) is 0 Å². The van der Waals surface area contributed by atoms with E-state index < -0.39 is 0 Å². The number of rotatable bonds is 3. The van der Waals surface area contributed by atoms with Crippen LogP contribution in [0.5, 0.6) is 11.5 Å². The molecule has 2 heterocycles. The number of nitrogens with one attached hydrogen (secondary N) is 1. The normalized spacial score (nSPS) is 14.0. The monoisotopic (exact) mass is 287 g/mol. The quantitative estimate of drug-likeness (QED) is 0.942. The van der Waals surface area contributed by atoms with Gasteiger partial charge in [0, 0.05) is 30.1 Å². The average Bonchev–Trinajstić information content (AvgIpc) is 2.94. The van der Waals surface area contributed by atoms with E-state index in [0.29, 0.717) is 13.2 Å². The Labute approximate surface area is 124 Å². The number of anilines is 1. The van der Waals surface area contributed by atoms with Crippen LogP contribution >= 0.6 is 0 Å². The predicted octanol–water partition coefficient (Wildman–Crippen LogP) is 3.02. The summed E-state index contributed by atoms with van der Waals surface area (Å²) in [4.78, 5) is 0. The van der Waals surface area contributed by atoms with E-state index in [9.17, 15) is 0 Å². The molecular weight excluding hydrogens is 266 g/mol. The van der Waals surface area contributed by atoms with Gasteiger partial charge >= 0.3 is 0 Å². The van der Waals surface area contributed by atoms with Gasteiger partial charge in [-0.25, -0.2) is 0 Å². The Morgan fingerprint density at radius 1 is 1.19 bits per heavy atom. The Hall–Kier alpha value is -2.17. The molecule has 0 spiro atoms. The third-order valence-corrected chi connectivity index (χ3v) is 3.36. The van der Waals surface area contributed by atoms with Crippen LogP contribution in [0.15, 0.2) is 30.6 Å². The van der Waals surface area contributed by atoms with Gasteiger partial charge in [0.1, 0.15) is 13.2 Å². The van der Waals surface area contributed by atoms with Crippen LogP contribution < -0.4 is 14.8 Å². The highest BCUT2D eigenvalue weighted by Gasteiger charge is 2.14. The first-order valence-corrected chi connectivity index (χ1v) is 7.20. The van der Waals surface area contributed by atoms with E-state index in [-0.39, 0.29) is 5.54 Å². The second-order valence-corrected chi connectivity index (χ2v) is 6.18. The van der Waals surface area contributed by atoms with Crippen molar-refractivity contribution in [3.63, 3.8) is 0 Å². The molecule has 1 aromatic heterocycles. The smallest absolute Gasteiger partial charge is 0.163 e. The molecule has 0 saturated heterocycles. The summed E-state index contributed by atoms with van der Waals surface area (Å²) in [6, 6.07) is 5.92. The van der Waals surface area contributed by atoms with Gasteiger partial charge in [-0.3, -0.25) is 4.68 Å². The van der Waals surface area contributed by atoms with Crippen LogP contribution in [0.4, 0.5) is 5.69 Å². The molecule has 1 aliphatic rings. The van der Waals surface area contributed by atoms with Crippen molar-refractivity contribution in [2.45, 2.75) is 32.9 Å². The second-order valence-electron chi connectivity index (χ2n) is 6.18. The number of benzene rings is 1. The van der Waals surface area contributed by atoms with Gasteiger partial charge in [0.25, 0.3) is 0 Å². The van der Waals surface area contributed by atoms with Gasteiger partial charge in [-0.2, -0.15) is 5.10 Å². The largest absolute Gasteiger partial charge is 0.486 e. The lowest BCUT2D eigenvalue weighted by atomic mass is 10.1. The van der Waals surface area contributed by atoms with Crippen LogP contribution in [-0.4, -0.2) is 23.0 Å². The van der Waals surface area contributed by atoms with Crippen LogP contribution in [0.3, 0.4) is 0 Å². The lowest BCUT2D eigenvalue weighted by Crippen LogP contribution is -2.21. The van der Waals surface area contributed by atoms with Crippen molar-refractivity contribution in [1.82, 2.24) is 9.78 Å². The summed E-state index contributed by atoms with van der Waals surface area (Å²) in [5.41, 5.74) is 2.18. The summed E-state index contributed by atoms with van der Waals surface area (Å²) in [5, 5.41) is 7.79. The highest BCUT2D eigenvalue weighted by Crippen LogP contribution is 2.32. The molecule has 1 aliphatic heterocycles. The maximum absolute atomic E-state index is 5.58. The summed E-state index contributed by atoms with van der Waals surface area (Å²) in [6.45, 7) is 8.37. The van der Waals surface area contributed by atoms with E-state index >= 15 is 0 Å². The minimum Gasteiger partial charge on any atom is -0.486 e. The second kappa shape index (κ2) is 5.31. The molecule has 112 valence electrons. The number of hydrogen-bond donors (Lipinski definition) is 1. The number of fused-ring (bicyclic) bond motifs is 1. The Bertz CT molecular complexity index is 629. The van der Waals surface area contributed by atoms with Gasteiger partial charge in [0.15, 0.2) is 11.5 Å². The van der Waals surface area contributed by atoms with E-state index in [4.69, 9.17) is 9.47 Å². The SMILES string of the molecule is CC(C)(C)n1cc(CNc2ccc3c(c2)OCCO3)cn1. The fourth-order valence-corrected chi connectivity index (χ4v) is 2.18. The molecule has 1 aromatic carbocycles. The van der Waals surface area contributed by atoms with Gasteiger partial charge in [-0.15, -0.1) is 0 Å². The zero-order chi connectivity index (χ0) is 14.9. The first-order valence-electron chi connectivity index (χ1n) is 7.20. The highest BCUT2D eigenvalue weighted by atomic mass is 16.6. The van der Waals surface area contributed by atoms with Crippen LogP contribution in [0.25, 0.3) is 0 Å². The molecule has 0 radical (unpaired) electrons. The van der Waals surface area contributed by atoms with Gasteiger partial charge in [0.2, 0.25) is 0 Å². The van der Waals surface area contributed by atoms with Crippen molar-refractivity contribution in [3.8, 4) is 11.5 Å². The maximum atomic E-state index is 5.58. The molecule has 0 saturated carbocycles. The molecule has 2 aromatic rings. The summed E-state index contributed by atoms with van der Waals surface area (Å²) in [5.74, 6) is 1.61. The molecule has 0 fully saturated rings. The average molecular weight is 287 g/mol. The zero-order valence-corrected chi connectivity index (χ0v) is 12.7. The van der Waals surface area contributed by atoms with Crippen LogP contribution in [0.2, 0.25) is 0 Å². The number of hydrogen-bond acceptors (Lipinski definition) is 4. The van der Waals surface area contributed by atoms with Crippen molar-refractivity contribution in [2.24, 2.45) is 0 Å². The van der Waals surface area contributed by atoms with Gasteiger partial charge < -0.3 is 14.8 Å². The summed E-state index contributed by atoms with van der Waals surface area (Å²) in [7, 11) is 0. The molecule has 21 heavy (non-hydrogen) atoms. The van der Waals surface area contributed by atoms with Crippen LogP contribution in [-0.2, 0) is 12.1 Å². The van der Waals surface area contributed by atoms with Gasteiger partial charge in [-0.05, 0) is 32.9 Å². The molecule has 0 amide bonds. The van der Waals surface area contributed by atoms with E-state index in [0.717, 1.165) is 29.3 Å². The molecule has 5 nitrogen and oxygen atoms in total. The Morgan fingerprint density at radius 2 is 1.95 bits per heavy atom. The Morgan fingerprint density at radius 3 is 2.67 bits per heavy atom. The third kappa shape index (κ3) is 3.12. The fraction of sp³-hybridized carbons (Fsp3) is 0.438. The molecule has 5 heteroatoms. The van der Waals surface area contributed by atoms with Gasteiger partial charge in [0.05, 0.1) is 11.7 Å². The van der Waals surface area contributed by atoms with E-state index in [1.165, 1.54) is 0 Å². The molecule has 0 atom stereocenters. The number of ether oxygens (including phenoxy) is 2. The minimum atomic E-state index is 0.00918. The summed E-state index contributed by atoms with van der Waals surface area (Å²) < 4.78 is 13.1. The fourth-order valence-electron chi connectivity index (χ4n) is 2.18. The molecule has 0 aliphatic carbocycles. The Kier molecular flexibility index (Phi) is 3.49. The third-order valence-electron chi connectivity index (χ3n) is 3.36. The summed E-state index contributed by atoms with van der Waals surface area (Å²) >= 11 is 0. The van der Waals surface area contributed by atoms with E-state index in [1.807, 2.05) is 29.1 Å². The number of aromatic nitrogens is 2. The maximum Gasteiger partial charge on any atom is 0.163 e. The standard InChI is InChI=1S/C16H21N3O2/c1-16(2,3)19-11-12(10-18-19)9-17-13-4-5-14-15(8-13)21-7-6-20-14/h4-5,8,10-11,17H,6-7,9H2,1-3H3. The van der Waals surface area contributed by atoms with E-state index in [2.05, 4.69) is 37.4 Å². The molecule has 3 rings (SSSR count). The Balaban J connectivity index is 1.66. The van der Waals surface area contributed by atoms with E-state index in [1.54, 1.807) is 0 Å². The minimum absolute atomic E-state index is 0.00918. The molecule has 0 unspecified atom stereocenters. The van der Waals surface area contributed by atoms with Crippen molar-refractivity contribution < 1.29 is 9.47 Å². The first-order chi connectivity index (χ1) is 10.0. The van der Waals surface area contributed by atoms with Crippen molar-refractivity contribution in [1.29, 1.82) is 0 Å². The zero-order valence-electron chi connectivity index (χ0n) is 12.7. The highest BCUT2D eigenvalue weighted by molar-refractivity contribution is 5.55.